The van der Waals surface area contributed by atoms with E-state index < -0.39 is 6.10 Å². The molecule has 0 N–H and O–H groups in total. The number of rotatable bonds is 36. The van der Waals surface area contributed by atoms with Gasteiger partial charge in [0.1, 0.15) is 13.2 Å². The fourth-order valence-electron chi connectivity index (χ4n) is 6.05. The van der Waals surface area contributed by atoms with Crippen molar-refractivity contribution in [1.29, 1.82) is 0 Å². The minimum Gasteiger partial charge on any atom is -0.462 e. The van der Waals surface area contributed by atoms with E-state index >= 15 is 0 Å². The molecule has 0 aliphatic carbocycles. The summed E-state index contributed by atoms with van der Waals surface area (Å²) in [5.41, 5.74) is 0. The van der Waals surface area contributed by atoms with E-state index in [1.807, 2.05) is 0 Å². The van der Waals surface area contributed by atoms with Crippen LogP contribution in [0.3, 0.4) is 0 Å². The highest BCUT2D eigenvalue weighted by molar-refractivity contribution is 5.71. The summed E-state index contributed by atoms with van der Waals surface area (Å²) in [4.78, 5) is 37.4. The minimum absolute atomic E-state index is 0.0666. The smallest absolute Gasteiger partial charge is 0.306 e. The molecule has 0 radical (unpaired) electrons. The largest absolute Gasteiger partial charge is 0.462 e. The zero-order valence-corrected chi connectivity index (χ0v) is 32.6. The van der Waals surface area contributed by atoms with E-state index in [1.165, 1.54) is 109 Å². The van der Waals surface area contributed by atoms with Gasteiger partial charge in [0.2, 0.25) is 0 Å². The van der Waals surface area contributed by atoms with Crippen LogP contribution in [0.4, 0.5) is 0 Å². The lowest BCUT2D eigenvalue weighted by Gasteiger charge is -2.18. The van der Waals surface area contributed by atoms with Crippen LogP contribution < -0.4 is 0 Å². The maximum atomic E-state index is 12.6. The molecule has 0 saturated carbocycles. The van der Waals surface area contributed by atoms with E-state index in [0.717, 1.165) is 69.6 Å². The summed E-state index contributed by atoms with van der Waals surface area (Å²) in [6.45, 7) is 11.2. The minimum atomic E-state index is -0.758. The molecule has 48 heavy (non-hydrogen) atoms. The molecule has 0 fully saturated rings. The van der Waals surface area contributed by atoms with Gasteiger partial charge in [-0.3, -0.25) is 14.4 Å². The monoisotopic (exact) mass is 681 g/mol. The highest BCUT2D eigenvalue weighted by Gasteiger charge is 2.19. The number of esters is 3. The summed E-state index contributed by atoms with van der Waals surface area (Å²) in [6.07, 6.45) is 31.0. The summed E-state index contributed by atoms with van der Waals surface area (Å²) in [7, 11) is 0. The SMILES string of the molecule is CCCCCCCCCC(=O)OC[C@H](COC(=O)CCCCCCCCCCC(C)C)OC(=O)CCCCCCCCCCCC(C)C. The standard InChI is InChI=1S/C42H80O6/c1-6-7-8-9-15-22-27-32-40(43)46-35-39(36-47-41(44)33-28-23-18-14-13-17-21-26-31-38(4)5)48-42(45)34-29-24-19-12-10-11-16-20-25-30-37(2)3/h37-39H,6-36H2,1-5H3/t39-/m1/s1. The van der Waals surface area contributed by atoms with Crippen molar-refractivity contribution in [3.8, 4) is 0 Å². The quantitative estimate of drug-likeness (QED) is 0.0372. The van der Waals surface area contributed by atoms with E-state index in [9.17, 15) is 14.4 Å². The predicted molar refractivity (Wildman–Crippen MR) is 201 cm³/mol. The Kier molecular flexibility index (Phi) is 34.1. The van der Waals surface area contributed by atoms with Gasteiger partial charge in [0.15, 0.2) is 6.10 Å². The summed E-state index contributed by atoms with van der Waals surface area (Å²) < 4.78 is 16.6. The topological polar surface area (TPSA) is 78.9 Å². The first kappa shape index (κ1) is 46.4. The summed E-state index contributed by atoms with van der Waals surface area (Å²) in [5, 5.41) is 0. The first-order chi connectivity index (χ1) is 23.2. The average molecular weight is 681 g/mol. The van der Waals surface area contributed by atoms with Crippen LogP contribution in [0.1, 0.15) is 221 Å². The molecule has 0 rings (SSSR count). The van der Waals surface area contributed by atoms with Gasteiger partial charge in [-0.05, 0) is 31.1 Å². The molecule has 0 aliphatic heterocycles. The van der Waals surface area contributed by atoms with Crippen molar-refractivity contribution in [2.45, 2.75) is 227 Å². The van der Waals surface area contributed by atoms with Crippen LogP contribution in [-0.2, 0) is 28.6 Å². The van der Waals surface area contributed by atoms with Crippen molar-refractivity contribution in [2.24, 2.45) is 11.8 Å². The van der Waals surface area contributed by atoms with Crippen molar-refractivity contribution in [3.05, 3.63) is 0 Å². The molecule has 1 atom stereocenters. The van der Waals surface area contributed by atoms with E-state index in [-0.39, 0.29) is 31.1 Å². The Morgan fingerprint density at radius 2 is 0.688 bits per heavy atom. The molecule has 284 valence electrons. The van der Waals surface area contributed by atoms with Crippen molar-refractivity contribution in [2.75, 3.05) is 13.2 Å². The molecule has 0 aromatic carbocycles. The Bertz CT molecular complexity index is 734. The highest BCUT2D eigenvalue weighted by Crippen LogP contribution is 2.16. The molecule has 0 bridgehead atoms. The van der Waals surface area contributed by atoms with Crippen molar-refractivity contribution in [1.82, 2.24) is 0 Å². The zero-order valence-electron chi connectivity index (χ0n) is 32.6. The van der Waals surface area contributed by atoms with Gasteiger partial charge in [-0.2, -0.15) is 0 Å². The van der Waals surface area contributed by atoms with Crippen LogP contribution in [0.5, 0.6) is 0 Å². The van der Waals surface area contributed by atoms with E-state index in [1.54, 1.807) is 0 Å². The Labute approximate surface area is 298 Å². The fraction of sp³-hybridized carbons (Fsp3) is 0.929. The van der Waals surface area contributed by atoms with Crippen LogP contribution in [0.2, 0.25) is 0 Å². The third kappa shape index (κ3) is 35.7. The maximum Gasteiger partial charge on any atom is 0.306 e. The summed E-state index contributed by atoms with van der Waals surface area (Å²) >= 11 is 0. The highest BCUT2D eigenvalue weighted by atomic mass is 16.6. The lowest BCUT2D eigenvalue weighted by atomic mass is 10.0. The molecule has 0 heterocycles. The van der Waals surface area contributed by atoms with Crippen LogP contribution >= 0.6 is 0 Å². The molecule has 0 saturated heterocycles. The second-order valence-corrected chi connectivity index (χ2v) is 15.2. The van der Waals surface area contributed by atoms with Gasteiger partial charge < -0.3 is 14.2 Å². The number of carbonyl (C=O) groups is 3. The Morgan fingerprint density at radius 1 is 0.396 bits per heavy atom. The van der Waals surface area contributed by atoms with Gasteiger partial charge >= 0.3 is 17.9 Å². The first-order valence-electron chi connectivity index (χ1n) is 20.7. The van der Waals surface area contributed by atoms with Crippen molar-refractivity contribution >= 4 is 17.9 Å². The Morgan fingerprint density at radius 3 is 1.02 bits per heavy atom. The van der Waals surface area contributed by atoms with E-state index in [0.29, 0.717) is 19.3 Å². The zero-order chi connectivity index (χ0) is 35.5. The van der Waals surface area contributed by atoms with Gasteiger partial charge in [0.25, 0.3) is 0 Å². The lowest BCUT2D eigenvalue weighted by molar-refractivity contribution is -0.167. The van der Waals surface area contributed by atoms with Crippen LogP contribution in [-0.4, -0.2) is 37.2 Å². The van der Waals surface area contributed by atoms with Gasteiger partial charge in [-0.1, -0.05) is 182 Å². The molecule has 0 aliphatic rings. The van der Waals surface area contributed by atoms with Gasteiger partial charge in [-0.15, -0.1) is 0 Å². The molecule has 0 aromatic heterocycles. The number of carbonyl (C=O) groups excluding carboxylic acids is 3. The van der Waals surface area contributed by atoms with Gasteiger partial charge in [0.05, 0.1) is 0 Å². The first-order valence-corrected chi connectivity index (χ1v) is 20.7. The number of hydrogen-bond acceptors (Lipinski definition) is 6. The number of hydrogen-bond donors (Lipinski definition) is 0. The van der Waals surface area contributed by atoms with Crippen molar-refractivity contribution in [3.63, 3.8) is 0 Å². The van der Waals surface area contributed by atoms with Gasteiger partial charge in [-0.25, -0.2) is 0 Å². The second kappa shape index (κ2) is 35.2. The van der Waals surface area contributed by atoms with E-state index in [2.05, 4.69) is 34.6 Å². The second-order valence-electron chi connectivity index (χ2n) is 15.2. The molecular weight excluding hydrogens is 600 g/mol. The Hall–Kier alpha value is -1.59. The molecule has 6 heteroatoms. The maximum absolute atomic E-state index is 12.6. The van der Waals surface area contributed by atoms with Gasteiger partial charge in [0, 0.05) is 19.3 Å². The van der Waals surface area contributed by atoms with Crippen molar-refractivity contribution < 1.29 is 28.6 Å². The molecule has 0 aromatic rings. The number of unbranched alkanes of at least 4 members (excludes halogenated alkanes) is 21. The summed E-state index contributed by atoms with van der Waals surface area (Å²) in [5.74, 6) is 0.731. The Balaban J connectivity index is 4.32. The van der Waals surface area contributed by atoms with Crippen LogP contribution in [0.15, 0.2) is 0 Å². The third-order valence-electron chi connectivity index (χ3n) is 9.22. The number of ether oxygens (including phenoxy) is 3. The van der Waals surface area contributed by atoms with Crippen LogP contribution in [0.25, 0.3) is 0 Å². The molecule has 0 spiro atoms. The normalized spacial score (nSPS) is 12.1. The predicted octanol–water partition coefficient (Wildman–Crippen LogP) is 12.6. The van der Waals surface area contributed by atoms with E-state index in [4.69, 9.17) is 14.2 Å². The average Bonchev–Trinajstić information content (AvgIpc) is 3.04. The molecular formula is C42H80O6. The molecule has 0 unspecified atom stereocenters. The third-order valence-corrected chi connectivity index (χ3v) is 9.22. The van der Waals surface area contributed by atoms with Crippen LogP contribution in [0, 0.1) is 11.8 Å². The summed E-state index contributed by atoms with van der Waals surface area (Å²) in [6, 6.07) is 0. The molecule has 0 amide bonds. The fourth-order valence-corrected chi connectivity index (χ4v) is 6.05. The lowest BCUT2D eigenvalue weighted by Crippen LogP contribution is -2.30. The molecule has 6 nitrogen and oxygen atoms in total.